The van der Waals surface area contributed by atoms with Crippen molar-refractivity contribution < 1.29 is 13.2 Å². The van der Waals surface area contributed by atoms with Gasteiger partial charge in [-0.25, -0.2) is 0 Å². The van der Waals surface area contributed by atoms with Crippen LogP contribution in [0.2, 0.25) is 0 Å². The molecule has 0 aliphatic carbocycles. The van der Waals surface area contributed by atoms with Crippen LogP contribution in [0.4, 0.5) is 0 Å². The topological polar surface area (TPSA) is 57.7 Å². The lowest BCUT2D eigenvalue weighted by molar-refractivity contribution is -0.119. The SMILES string of the molecule is [CH2]C(=O)C1CCN(S(=O)(=O)N(C)C)CC1. The number of carbonyl (C=O) groups is 1. The van der Waals surface area contributed by atoms with Crippen molar-refractivity contribution in [2.24, 2.45) is 5.92 Å². The van der Waals surface area contributed by atoms with Gasteiger partial charge >= 0.3 is 0 Å². The molecule has 15 heavy (non-hydrogen) atoms. The molecule has 0 N–H and O–H groups in total. The van der Waals surface area contributed by atoms with Gasteiger partial charge in [0, 0.05) is 40.0 Å². The van der Waals surface area contributed by atoms with Crippen LogP contribution in [0.5, 0.6) is 0 Å². The molecule has 1 aliphatic rings. The van der Waals surface area contributed by atoms with Crippen LogP contribution in [0.15, 0.2) is 0 Å². The molecule has 0 aromatic rings. The second-order valence-electron chi connectivity index (χ2n) is 3.93. The van der Waals surface area contributed by atoms with Crippen molar-refractivity contribution in [2.75, 3.05) is 27.2 Å². The summed E-state index contributed by atoms with van der Waals surface area (Å²) in [4.78, 5) is 11.0. The Balaban J connectivity index is 2.62. The molecule has 1 heterocycles. The zero-order valence-electron chi connectivity index (χ0n) is 9.14. The molecule has 1 fully saturated rings. The van der Waals surface area contributed by atoms with Crippen LogP contribution in [0.1, 0.15) is 12.8 Å². The Morgan fingerprint density at radius 3 is 2.13 bits per heavy atom. The van der Waals surface area contributed by atoms with Gasteiger partial charge in [-0.1, -0.05) is 0 Å². The number of piperidine rings is 1. The van der Waals surface area contributed by atoms with E-state index < -0.39 is 10.2 Å². The Labute approximate surface area is 91.2 Å². The van der Waals surface area contributed by atoms with E-state index in [1.54, 1.807) is 0 Å². The second-order valence-corrected chi connectivity index (χ2v) is 6.07. The summed E-state index contributed by atoms with van der Waals surface area (Å²) in [6.07, 6.45) is 1.16. The van der Waals surface area contributed by atoms with Gasteiger partial charge in [0.15, 0.2) is 0 Å². The lowest BCUT2D eigenvalue weighted by atomic mass is 9.95. The van der Waals surface area contributed by atoms with Crippen LogP contribution < -0.4 is 0 Å². The van der Waals surface area contributed by atoms with E-state index in [0.717, 1.165) is 0 Å². The van der Waals surface area contributed by atoms with E-state index in [1.165, 1.54) is 22.7 Å². The molecule has 0 aromatic carbocycles. The van der Waals surface area contributed by atoms with Crippen molar-refractivity contribution in [1.82, 2.24) is 8.61 Å². The van der Waals surface area contributed by atoms with E-state index in [-0.39, 0.29) is 11.7 Å². The van der Waals surface area contributed by atoms with Crippen LogP contribution in [-0.2, 0) is 15.0 Å². The van der Waals surface area contributed by atoms with Crippen molar-refractivity contribution in [2.45, 2.75) is 12.8 Å². The molecule has 0 aromatic heterocycles. The Morgan fingerprint density at radius 2 is 1.80 bits per heavy atom. The highest BCUT2D eigenvalue weighted by Gasteiger charge is 2.30. The van der Waals surface area contributed by atoms with E-state index in [4.69, 9.17) is 0 Å². The fraction of sp³-hybridized carbons (Fsp3) is 0.778. The minimum atomic E-state index is -3.31. The Morgan fingerprint density at radius 1 is 1.33 bits per heavy atom. The largest absolute Gasteiger partial charge is 0.299 e. The van der Waals surface area contributed by atoms with Gasteiger partial charge in [-0.05, 0) is 12.8 Å². The minimum Gasteiger partial charge on any atom is -0.299 e. The monoisotopic (exact) mass is 233 g/mol. The third kappa shape index (κ3) is 2.76. The molecule has 0 amide bonds. The zero-order valence-corrected chi connectivity index (χ0v) is 9.96. The van der Waals surface area contributed by atoms with E-state index in [9.17, 15) is 13.2 Å². The first-order valence-corrected chi connectivity index (χ1v) is 6.29. The number of ketones is 1. The minimum absolute atomic E-state index is 0.0707. The predicted octanol–water partition coefficient (Wildman–Crippen LogP) is -0.0920. The van der Waals surface area contributed by atoms with Crippen LogP contribution in [0.25, 0.3) is 0 Å². The highest BCUT2D eigenvalue weighted by atomic mass is 32.2. The normalized spacial score (nSPS) is 20.8. The quantitative estimate of drug-likeness (QED) is 0.684. The number of rotatable bonds is 3. The van der Waals surface area contributed by atoms with Crippen LogP contribution in [-0.4, -0.2) is 50.0 Å². The number of nitrogens with zero attached hydrogens (tertiary/aromatic N) is 2. The molecule has 0 saturated carbocycles. The summed E-state index contributed by atoms with van der Waals surface area (Å²) in [6.45, 7) is 4.19. The lowest BCUT2D eigenvalue weighted by Gasteiger charge is -2.31. The fourth-order valence-corrected chi connectivity index (χ4v) is 2.77. The van der Waals surface area contributed by atoms with Gasteiger partial charge in [0.05, 0.1) is 0 Å². The third-order valence-electron chi connectivity index (χ3n) is 2.70. The molecule has 1 aliphatic heterocycles. The van der Waals surface area contributed by atoms with Crippen molar-refractivity contribution in [3.63, 3.8) is 0 Å². The van der Waals surface area contributed by atoms with Gasteiger partial charge in [0.1, 0.15) is 5.78 Å². The van der Waals surface area contributed by atoms with E-state index >= 15 is 0 Å². The fourth-order valence-electron chi connectivity index (χ4n) is 1.64. The molecule has 5 nitrogen and oxygen atoms in total. The average Bonchev–Trinajstić information content (AvgIpc) is 2.17. The summed E-state index contributed by atoms with van der Waals surface area (Å²) in [6, 6.07) is 0. The van der Waals surface area contributed by atoms with Gasteiger partial charge in [0.2, 0.25) is 0 Å². The molecule has 6 heteroatoms. The summed E-state index contributed by atoms with van der Waals surface area (Å²) >= 11 is 0. The highest BCUT2D eigenvalue weighted by molar-refractivity contribution is 7.86. The molecule has 1 saturated heterocycles. The summed E-state index contributed by atoms with van der Waals surface area (Å²) in [7, 11) is -0.298. The van der Waals surface area contributed by atoms with Crippen molar-refractivity contribution >= 4 is 16.0 Å². The highest BCUT2D eigenvalue weighted by Crippen LogP contribution is 2.20. The van der Waals surface area contributed by atoms with Gasteiger partial charge in [-0.2, -0.15) is 17.0 Å². The molecule has 1 radical (unpaired) electrons. The van der Waals surface area contributed by atoms with Gasteiger partial charge in [0.25, 0.3) is 10.2 Å². The van der Waals surface area contributed by atoms with Gasteiger partial charge in [-0.15, -0.1) is 0 Å². The molecular weight excluding hydrogens is 216 g/mol. The smallest absolute Gasteiger partial charge is 0.281 e. The molecule has 0 unspecified atom stereocenters. The first-order valence-electron chi connectivity index (χ1n) is 4.89. The Hall–Kier alpha value is -0.460. The number of Topliss-reactive ketones (excluding diaryl/α,β-unsaturated/α-hetero) is 1. The van der Waals surface area contributed by atoms with E-state index in [0.29, 0.717) is 25.9 Å². The summed E-state index contributed by atoms with van der Waals surface area (Å²) < 4.78 is 26.0. The second kappa shape index (κ2) is 4.59. The summed E-state index contributed by atoms with van der Waals surface area (Å²) in [5.74, 6) is -0.157. The standard InChI is InChI=1S/C9H17N2O3S/c1-8(12)9-4-6-11(7-5-9)15(13,14)10(2)3/h9H,1,4-7H2,2-3H3. The predicted molar refractivity (Wildman–Crippen MR) is 57.3 cm³/mol. The molecule has 87 valence electrons. The third-order valence-corrected chi connectivity index (χ3v) is 4.64. The molecule has 0 bridgehead atoms. The van der Waals surface area contributed by atoms with Crippen molar-refractivity contribution in [1.29, 1.82) is 0 Å². The van der Waals surface area contributed by atoms with Crippen molar-refractivity contribution in [3.8, 4) is 0 Å². The Bertz CT molecular complexity index is 329. The summed E-state index contributed by atoms with van der Waals surface area (Å²) in [5, 5.41) is 0. The number of carbonyl (C=O) groups excluding carboxylic acids is 1. The van der Waals surface area contributed by atoms with Crippen molar-refractivity contribution in [3.05, 3.63) is 6.92 Å². The number of hydrogen-bond donors (Lipinski definition) is 0. The van der Waals surface area contributed by atoms with Crippen LogP contribution >= 0.6 is 0 Å². The van der Waals surface area contributed by atoms with E-state index in [1.807, 2.05) is 0 Å². The lowest BCUT2D eigenvalue weighted by Crippen LogP contribution is -2.45. The van der Waals surface area contributed by atoms with Gasteiger partial charge < -0.3 is 0 Å². The number of hydrogen-bond acceptors (Lipinski definition) is 3. The van der Waals surface area contributed by atoms with Gasteiger partial charge in [-0.3, -0.25) is 4.79 Å². The van der Waals surface area contributed by atoms with Crippen LogP contribution in [0.3, 0.4) is 0 Å². The zero-order chi connectivity index (χ0) is 11.6. The Kier molecular flexibility index (Phi) is 3.86. The molecule has 0 spiro atoms. The summed E-state index contributed by atoms with van der Waals surface area (Å²) in [5.41, 5.74) is 0. The average molecular weight is 233 g/mol. The molecule has 0 atom stereocenters. The maximum Gasteiger partial charge on any atom is 0.281 e. The molecule has 1 rings (SSSR count). The maximum atomic E-state index is 11.7. The first kappa shape index (κ1) is 12.6. The molecular formula is C9H17N2O3S. The van der Waals surface area contributed by atoms with Crippen LogP contribution in [0, 0.1) is 12.8 Å². The van der Waals surface area contributed by atoms with E-state index in [2.05, 4.69) is 6.92 Å². The maximum absolute atomic E-state index is 11.7. The first-order chi connectivity index (χ1) is 6.85.